The van der Waals surface area contributed by atoms with Gasteiger partial charge in [-0.3, -0.25) is 9.79 Å². The van der Waals surface area contributed by atoms with Crippen LogP contribution < -0.4 is 16.0 Å². The number of anilines is 1. The normalized spacial score (nSPS) is 11.5. The lowest BCUT2D eigenvalue weighted by atomic mass is 10.2. The van der Waals surface area contributed by atoms with Gasteiger partial charge in [0.05, 0.1) is 13.0 Å². The first kappa shape index (κ1) is 25.0. The molecule has 0 unspecified atom stereocenters. The van der Waals surface area contributed by atoms with E-state index in [-0.39, 0.29) is 55.4 Å². The lowest BCUT2D eigenvalue weighted by Crippen LogP contribution is -2.39. The number of amides is 1. The van der Waals surface area contributed by atoms with Gasteiger partial charge in [0.2, 0.25) is 5.91 Å². The van der Waals surface area contributed by atoms with E-state index >= 15 is 0 Å². The first-order valence-electron chi connectivity index (χ1n) is 7.86. The van der Waals surface area contributed by atoms with Crippen LogP contribution in [0, 0.1) is 6.92 Å². The molecule has 1 aromatic rings. The molecule has 0 atom stereocenters. The number of aliphatic imine (C=N–C) groups is 1. The highest BCUT2D eigenvalue weighted by Crippen LogP contribution is 2.20. The van der Waals surface area contributed by atoms with E-state index < -0.39 is 12.6 Å². The maximum absolute atomic E-state index is 12.1. The average Bonchev–Trinajstić information content (AvgIpc) is 2.49. The number of aryl methyl sites for hydroxylation is 1. The van der Waals surface area contributed by atoms with Gasteiger partial charge >= 0.3 is 6.18 Å². The molecule has 0 aliphatic carbocycles. The maximum atomic E-state index is 12.1. The quantitative estimate of drug-likeness (QED) is 0.271. The van der Waals surface area contributed by atoms with Crippen molar-refractivity contribution in [1.29, 1.82) is 0 Å². The summed E-state index contributed by atoms with van der Waals surface area (Å²) in [6.45, 7) is 4.11. The average molecular weight is 551 g/mol. The topological polar surface area (TPSA) is 65.5 Å². The molecule has 0 saturated heterocycles. The number of guanidine groups is 1. The van der Waals surface area contributed by atoms with E-state index in [0.29, 0.717) is 6.54 Å². The third-order valence-corrected chi connectivity index (χ3v) is 3.61. The number of rotatable bonds is 7. The fraction of sp³-hybridized carbons (Fsp3) is 0.500. The summed E-state index contributed by atoms with van der Waals surface area (Å²) in [4.78, 5) is 15.8. The van der Waals surface area contributed by atoms with Crippen LogP contribution in [0.2, 0.25) is 0 Å². The molecule has 1 aromatic carbocycles. The molecule has 148 valence electrons. The number of benzene rings is 1. The first-order chi connectivity index (χ1) is 11.7. The minimum absolute atomic E-state index is 0. The Morgan fingerprint density at radius 1 is 1.27 bits per heavy atom. The van der Waals surface area contributed by atoms with Gasteiger partial charge in [-0.15, -0.1) is 24.0 Å². The van der Waals surface area contributed by atoms with Crippen LogP contribution in [0.3, 0.4) is 0 Å². The van der Waals surface area contributed by atoms with Gasteiger partial charge in [-0.05, 0) is 37.6 Å². The van der Waals surface area contributed by atoms with Gasteiger partial charge in [-0.1, -0.05) is 15.9 Å². The molecule has 0 fully saturated rings. The summed E-state index contributed by atoms with van der Waals surface area (Å²) in [6, 6.07) is 5.52. The number of hydrogen-bond donors (Lipinski definition) is 3. The molecule has 1 amide bonds. The standard InChI is InChI=1S/C16H22BrF3N4O.HI/c1-3-21-15(23-9-7-16(18,19)20)22-8-6-14(25)24-13-5-4-12(17)10-11(13)2;/h4-5,10H,3,6-9H2,1-2H3,(H,24,25)(H2,21,22,23);1H. The Morgan fingerprint density at radius 2 is 1.96 bits per heavy atom. The van der Waals surface area contributed by atoms with Gasteiger partial charge < -0.3 is 16.0 Å². The largest absolute Gasteiger partial charge is 0.390 e. The molecule has 0 bridgehead atoms. The van der Waals surface area contributed by atoms with E-state index in [1.165, 1.54) is 0 Å². The van der Waals surface area contributed by atoms with Crippen molar-refractivity contribution in [3.63, 3.8) is 0 Å². The minimum Gasteiger partial charge on any atom is -0.357 e. The van der Waals surface area contributed by atoms with E-state index in [1.54, 1.807) is 6.07 Å². The molecule has 5 nitrogen and oxygen atoms in total. The molecule has 0 aliphatic heterocycles. The van der Waals surface area contributed by atoms with Crippen LogP contribution in [0.15, 0.2) is 27.7 Å². The SMILES string of the molecule is CCNC(=NCCC(F)(F)F)NCCC(=O)Nc1ccc(Br)cc1C.I. The Hall–Kier alpha value is -1.04. The Labute approximate surface area is 176 Å². The van der Waals surface area contributed by atoms with Crippen molar-refractivity contribution in [2.45, 2.75) is 32.9 Å². The van der Waals surface area contributed by atoms with Gasteiger partial charge in [-0.2, -0.15) is 13.2 Å². The van der Waals surface area contributed by atoms with Crippen molar-refractivity contribution in [3.05, 3.63) is 28.2 Å². The number of carbonyl (C=O) groups excluding carboxylic acids is 1. The molecule has 0 aliphatic rings. The number of carbonyl (C=O) groups is 1. The van der Waals surface area contributed by atoms with Gasteiger partial charge in [0.1, 0.15) is 0 Å². The Kier molecular flexibility index (Phi) is 11.9. The van der Waals surface area contributed by atoms with Gasteiger partial charge in [0, 0.05) is 29.7 Å². The van der Waals surface area contributed by atoms with Crippen LogP contribution in [0.1, 0.15) is 25.3 Å². The highest BCUT2D eigenvalue weighted by molar-refractivity contribution is 14.0. The monoisotopic (exact) mass is 550 g/mol. The molecule has 0 saturated carbocycles. The molecule has 3 N–H and O–H groups in total. The summed E-state index contributed by atoms with van der Waals surface area (Å²) in [7, 11) is 0. The summed E-state index contributed by atoms with van der Waals surface area (Å²) >= 11 is 3.35. The third kappa shape index (κ3) is 10.8. The number of halogens is 5. The zero-order valence-corrected chi connectivity index (χ0v) is 18.5. The third-order valence-electron chi connectivity index (χ3n) is 3.12. The molecule has 10 heteroatoms. The number of nitrogens with one attached hydrogen (secondary N) is 3. The van der Waals surface area contributed by atoms with Gasteiger partial charge in [0.25, 0.3) is 0 Å². The lowest BCUT2D eigenvalue weighted by Gasteiger charge is -2.12. The lowest BCUT2D eigenvalue weighted by molar-refractivity contribution is -0.132. The second-order valence-corrected chi connectivity index (χ2v) is 6.23. The van der Waals surface area contributed by atoms with Crippen LogP contribution in [0.25, 0.3) is 0 Å². The fourth-order valence-corrected chi connectivity index (χ4v) is 2.39. The van der Waals surface area contributed by atoms with E-state index in [4.69, 9.17) is 0 Å². The van der Waals surface area contributed by atoms with Crippen molar-refractivity contribution in [2.75, 3.05) is 25.0 Å². The molecule has 0 heterocycles. The molecular weight excluding hydrogens is 528 g/mol. The van der Waals surface area contributed by atoms with Crippen LogP contribution in [0.5, 0.6) is 0 Å². The Bertz CT molecular complexity index is 612. The van der Waals surface area contributed by atoms with E-state index in [9.17, 15) is 18.0 Å². The van der Waals surface area contributed by atoms with Crippen molar-refractivity contribution < 1.29 is 18.0 Å². The summed E-state index contributed by atoms with van der Waals surface area (Å²) in [5.41, 5.74) is 1.65. The van der Waals surface area contributed by atoms with Crippen LogP contribution in [-0.4, -0.2) is 37.7 Å². The highest BCUT2D eigenvalue weighted by atomic mass is 127. The number of alkyl halides is 3. The minimum atomic E-state index is -4.23. The van der Waals surface area contributed by atoms with Gasteiger partial charge in [0.15, 0.2) is 5.96 Å². The number of nitrogens with zero attached hydrogens (tertiary/aromatic N) is 1. The summed E-state index contributed by atoms with van der Waals surface area (Å²) in [5, 5.41) is 8.49. The van der Waals surface area contributed by atoms with Gasteiger partial charge in [-0.25, -0.2) is 0 Å². The molecule has 0 aromatic heterocycles. The van der Waals surface area contributed by atoms with Crippen molar-refractivity contribution in [3.8, 4) is 0 Å². The van der Waals surface area contributed by atoms with Crippen molar-refractivity contribution in [2.24, 2.45) is 4.99 Å². The Morgan fingerprint density at radius 3 is 2.54 bits per heavy atom. The highest BCUT2D eigenvalue weighted by Gasteiger charge is 2.26. The number of hydrogen-bond acceptors (Lipinski definition) is 2. The second kappa shape index (κ2) is 12.4. The predicted molar refractivity (Wildman–Crippen MR) is 112 cm³/mol. The van der Waals surface area contributed by atoms with Crippen LogP contribution in [-0.2, 0) is 4.79 Å². The molecule has 0 spiro atoms. The molecule has 1 rings (SSSR count). The second-order valence-electron chi connectivity index (χ2n) is 5.31. The Balaban J connectivity index is 0.00000625. The van der Waals surface area contributed by atoms with Crippen molar-refractivity contribution in [1.82, 2.24) is 10.6 Å². The predicted octanol–water partition coefficient (Wildman–Crippen LogP) is 4.21. The zero-order chi connectivity index (χ0) is 18.9. The maximum Gasteiger partial charge on any atom is 0.390 e. The van der Waals surface area contributed by atoms with E-state index in [1.807, 2.05) is 26.0 Å². The summed E-state index contributed by atoms with van der Waals surface area (Å²) < 4.78 is 37.4. The van der Waals surface area contributed by atoms with Crippen LogP contribution in [0.4, 0.5) is 18.9 Å². The summed E-state index contributed by atoms with van der Waals surface area (Å²) in [6.07, 6.45) is -5.05. The molecular formula is C16H23BrF3IN4O. The van der Waals surface area contributed by atoms with Crippen molar-refractivity contribution >= 4 is 57.5 Å². The van der Waals surface area contributed by atoms with Crippen LogP contribution >= 0.6 is 39.9 Å². The fourth-order valence-electron chi connectivity index (χ4n) is 1.91. The first-order valence-corrected chi connectivity index (χ1v) is 8.65. The zero-order valence-electron chi connectivity index (χ0n) is 14.5. The van der Waals surface area contributed by atoms with E-state index in [2.05, 4.69) is 36.9 Å². The molecule has 0 radical (unpaired) electrons. The summed E-state index contributed by atoms with van der Waals surface area (Å²) in [5.74, 6) is 0.0726. The molecule has 26 heavy (non-hydrogen) atoms. The smallest absolute Gasteiger partial charge is 0.357 e. The van der Waals surface area contributed by atoms with E-state index in [0.717, 1.165) is 15.7 Å².